The van der Waals surface area contributed by atoms with Crippen molar-refractivity contribution >= 4 is 22.8 Å². The van der Waals surface area contributed by atoms with Crippen LogP contribution in [0.5, 0.6) is 11.5 Å². The lowest BCUT2D eigenvalue weighted by atomic mass is 10.0. The van der Waals surface area contributed by atoms with Crippen molar-refractivity contribution in [3.8, 4) is 11.5 Å². The molecule has 1 aromatic heterocycles. The van der Waals surface area contributed by atoms with Crippen molar-refractivity contribution in [2.45, 2.75) is 32.2 Å². The molecule has 0 spiro atoms. The number of carbonyl (C=O) groups excluding carboxylic acids is 1. The molecule has 2 saturated heterocycles. The lowest BCUT2D eigenvalue weighted by molar-refractivity contribution is 0.168. The third kappa shape index (κ3) is 3.63. The highest BCUT2D eigenvalue weighted by molar-refractivity contribution is 5.92. The number of amides is 2. The molecule has 0 radical (unpaired) electrons. The maximum Gasteiger partial charge on any atom is 0.320 e. The smallest absolute Gasteiger partial charge is 0.320 e. The van der Waals surface area contributed by atoms with Gasteiger partial charge in [-0.25, -0.2) is 14.8 Å². The van der Waals surface area contributed by atoms with Crippen LogP contribution in [0.3, 0.4) is 0 Å². The molecule has 4 rings (SSSR count). The summed E-state index contributed by atoms with van der Waals surface area (Å²) in [6.45, 7) is 6.39. The molecule has 0 aliphatic carbocycles. The molecule has 29 heavy (non-hydrogen) atoms. The zero-order valence-corrected chi connectivity index (χ0v) is 17.4. The van der Waals surface area contributed by atoms with Crippen LogP contribution >= 0.6 is 0 Å². The van der Waals surface area contributed by atoms with Gasteiger partial charge in [0.2, 0.25) is 0 Å². The first-order valence-corrected chi connectivity index (χ1v) is 10.3. The van der Waals surface area contributed by atoms with Crippen LogP contribution in [-0.2, 0) is 0 Å². The van der Waals surface area contributed by atoms with E-state index in [1.54, 1.807) is 20.5 Å². The standard InChI is InChI=1S/C21H29N5O3/c1-4-7-25-10-11-26(21(25)27)15-5-8-24(9-6-15)20-16-12-18(28-2)19(29-3)13-17(16)22-14-23-20/h12-15H,4-11H2,1-3H3. The minimum absolute atomic E-state index is 0.203. The first-order valence-electron chi connectivity index (χ1n) is 10.3. The number of anilines is 1. The molecule has 2 fully saturated rings. The summed E-state index contributed by atoms with van der Waals surface area (Å²) in [5, 5.41) is 0.954. The fourth-order valence-corrected chi connectivity index (χ4v) is 4.43. The van der Waals surface area contributed by atoms with Gasteiger partial charge in [-0.05, 0) is 25.3 Å². The minimum Gasteiger partial charge on any atom is -0.493 e. The number of piperidine rings is 1. The number of carbonyl (C=O) groups is 1. The van der Waals surface area contributed by atoms with Gasteiger partial charge in [-0.1, -0.05) is 6.92 Å². The quantitative estimate of drug-likeness (QED) is 0.744. The Bertz CT molecular complexity index is 882. The SMILES string of the molecule is CCCN1CCN(C2CCN(c3ncnc4cc(OC)c(OC)cc34)CC2)C1=O. The Morgan fingerprint density at radius 1 is 1.03 bits per heavy atom. The van der Waals surface area contributed by atoms with E-state index in [1.165, 1.54) is 0 Å². The molecule has 0 N–H and O–H groups in total. The zero-order chi connectivity index (χ0) is 20.4. The van der Waals surface area contributed by atoms with E-state index in [1.807, 2.05) is 17.0 Å². The summed E-state index contributed by atoms with van der Waals surface area (Å²) in [5.74, 6) is 2.24. The van der Waals surface area contributed by atoms with E-state index in [0.717, 1.165) is 68.7 Å². The van der Waals surface area contributed by atoms with Crippen LogP contribution in [0.15, 0.2) is 18.5 Å². The van der Waals surface area contributed by atoms with E-state index < -0.39 is 0 Å². The second-order valence-corrected chi connectivity index (χ2v) is 7.60. The predicted octanol–water partition coefficient (Wildman–Crippen LogP) is 2.76. The molecule has 8 nitrogen and oxygen atoms in total. The average molecular weight is 399 g/mol. The molecular formula is C21H29N5O3. The molecule has 156 valence electrons. The molecule has 2 amide bonds. The summed E-state index contributed by atoms with van der Waals surface area (Å²) in [7, 11) is 3.26. The Balaban J connectivity index is 1.50. The topological polar surface area (TPSA) is 71.0 Å². The Morgan fingerprint density at radius 3 is 2.45 bits per heavy atom. The predicted molar refractivity (Wildman–Crippen MR) is 112 cm³/mol. The van der Waals surface area contributed by atoms with E-state index in [9.17, 15) is 4.79 Å². The van der Waals surface area contributed by atoms with Gasteiger partial charge >= 0.3 is 6.03 Å². The van der Waals surface area contributed by atoms with Gasteiger partial charge in [0.05, 0.1) is 19.7 Å². The maximum atomic E-state index is 12.6. The Morgan fingerprint density at radius 2 is 1.76 bits per heavy atom. The van der Waals surface area contributed by atoms with E-state index in [-0.39, 0.29) is 6.03 Å². The molecule has 1 aromatic carbocycles. The monoisotopic (exact) mass is 399 g/mol. The fraction of sp³-hybridized carbons (Fsp3) is 0.571. The van der Waals surface area contributed by atoms with Crippen molar-refractivity contribution in [2.24, 2.45) is 0 Å². The molecule has 2 aliphatic rings. The summed E-state index contributed by atoms with van der Waals surface area (Å²) < 4.78 is 10.9. The first kappa shape index (κ1) is 19.5. The number of urea groups is 1. The molecular weight excluding hydrogens is 370 g/mol. The third-order valence-corrected chi connectivity index (χ3v) is 5.94. The summed E-state index contributed by atoms with van der Waals surface area (Å²) in [5.41, 5.74) is 0.833. The van der Waals surface area contributed by atoms with Gasteiger partial charge in [0.15, 0.2) is 11.5 Å². The normalized spacial score (nSPS) is 18.0. The van der Waals surface area contributed by atoms with Gasteiger partial charge in [-0.2, -0.15) is 0 Å². The third-order valence-electron chi connectivity index (χ3n) is 5.94. The Kier molecular flexibility index (Phi) is 5.60. The number of nitrogens with zero attached hydrogens (tertiary/aromatic N) is 5. The second-order valence-electron chi connectivity index (χ2n) is 7.60. The van der Waals surface area contributed by atoms with Gasteiger partial charge in [0.25, 0.3) is 0 Å². The molecule has 0 unspecified atom stereocenters. The van der Waals surface area contributed by atoms with Crippen LogP contribution in [0, 0.1) is 0 Å². The van der Waals surface area contributed by atoms with Crippen molar-refractivity contribution in [2.75, 3.05) is 51.8 Å². The largest absolute Gasteiger partial charge is 0.493 e. The van der Waals surface area contributed by atoms with Crippen LogP contribution in [0.2, 0.25) is 0 Å². The number of aromatic nitrogens is 2. The number of methoxy groups -OCH3 is 2. The number of hydrogen-bond acceptors (Lipinski definition) is 6. The molecule has 2 aromatic rings. The van der Waals surface area contributed by atoms with Crippen LogP contribution in [0.1, 0.15) is 26.2 Å². The maximum absolute atomic E-state index is 12.6. The van der Waals surface area contributed by atoms with Gasteiger partial charge in [0.1, 0.15) is 12.1 Å². The highest BCUT2D eigenvalue weighted by atomic mass is 16.5. The molecule has 8 heteroatoms. The van der Waals surface area contributed by atoms with Crippen LogP contribution < -0.4 is 14.4 Å². The number of hydrogen-bond donors (Lipinski definition) is 0. The number of benzene rings is 1. The van der Waals surface area contributed by atoms with Crippen molar-refractivity contribution in [3.63, 3.8) is 0 Å². The van der Waals surface area contributed by atoms with E-state index in [2.05, 4.69) is 26.7 Å². The summed E-state index contributed by atoms with van der Waals surface area (Å²) in [6, 6.07) is 4.34. The van der Waals surface area contributed by atoms with Crippen molar-refractivity contribution in [3.05, 3.63) is 18.5 Å². The van der Waals surface area contributed by atoms with Crippen LogP contribution in [-0.4, -0.2) is 78.8 Å². The summed E-state index contributed by atoms with van der Waals surface area (Å²) in [4.78, 5) is 27.9. The highest BCUT2D eigenvalue weighted by Crippen LogP contribution is 2.35. The van der Waals surface area contributed by atoms with Crippen molar-refractivity contribution < 1.29 is 14.3 Å². The Labute approximate surface area is 171 Å². The van der Waals surface area contributed by atoms with E-state index in [4.69, 9.17) is 9.47 Å². The molecule has 0 atom stereocenters. The molecule has 3 heterocycles. The number of fused-ring (bicyclic) bond motifs is 1. The number of ether oxygens (including phenoxy) is 2. The van der Waals surface area contributed by atoms with Gasteiger partial charge in [-0.3, -0.25) is 0 Å². The van der Waals surface area contributed by atoms with Gasteiger partial charge < -0.3 is 24.2 Å². The molecule has 2 aliphatic heterocycles. The summed E-state index contributed by atoms with van der Waals surface area (Å²) >= 11 is 0. The lowest BCUT2D eigenvalue weighted by Gasteiger charge is -2.37. The van der Waals surface area contributed by atoms with Gasteiger partial charge in [0, 0.05) is 50.2 Å². The molecule has 0 saturated carbocycles. The lowest BCUT2D eigenvalue weighted by Crippen LogP contribution is -2.46. The van der Waals surface area contributed by atoms with E-state index >= 15 is 0 Å². The minimum atomic E-state index is 0.203. The second kappa shape index (κ2) is 8.31. The zero-order valence-electron chi connectivity index (χ0n) is 17.4. The fourth-order valence-electron chi connectivity index (χ4n) is 4.43. The molecule has 0 bridgehead atoms. The van der Waals surface area contributed by atoms with E-state index in [0.29, 0.717) is 17.5 Å². The summed E-state index contributed by atoms with van der Waals surface area (Å²) in [6.07, 6.45) is 4.50. The Hall–Kier alpha value is -2.77. The average Bonchev–Trinajstić information content (AvgIpc) is 3.13. The highest BCUT2D eigenvalue weighted by Gasteiger charge is 2.35. The van der Waals surface area contributed by atoms with Crippen molar-refractivity contribution in [1.82, 2.24) is 19.8 Å². The number of rotatable bonds is 6. The van der Waals surface area contributed by atoms with Crippen molar-refractivity contribution in [1.29, 1.82) is 0 Å². The van der Waals surface area contributed by atoms with Crippen LogP contribution in [0.25, 0.3) is 10.9 Å². The van der Waals surface area contributed by atoms with Gasteiger partial charge in [-0.15, -0.1) is 0 Å². The first-order chi connectivity index (χ1) is 14.2. The van der Waals surface area contributed by atoms with Crippen LogP contribution in [0.4, 0.5) is 10.6 Å².